The molecule has 0 bridgehead atoms. The van der Waals surface area contributed by atoms with Crippen LogP contribution in [-0.4, -0.2) is 39.6 Å². The van der Waals surface area contributed by atoms with E-state index in [-0.39, 0.29) is 11.8 Å². The van der Waals surface area contributed by atoms with Crippen LogP contribution in [0.4, 0.5) is 0 Å². The predicted molar refractivity (Wildman–Crippen MR) is 105 cm³/mol. The van der Waals surface area contributed by atoms with Gasteiger partial charge in [0, 0.05) is 25.2 Å². The first-order chi connectivity index (χ1) is 13.1. The quantitative estimate of drug-likeness (QED) is 0.702. The van der Waals surface area contributed by atoms with Crippen molar-refractivity contribution in [3.63, 3.8) is 0 Å². The van der Waals surface area contributed by atoms with Crippen molar-refractivity contribution in [1.82, 2.24) is 10.6 Å². The molecule has 0 aromatic heterocycles. The molecular weight excluding hydrogens is 344 g/mol. The van der Waals surface area contributed by atoms with E-state index in [9.17, 15) is 9.59 Å². The largest absolute Gasteiger partial charge is 0.493 e. The molecule has 0 heterocycles. The second-order valence-corrected chi connectivity index (χ2v) is 5.76. The monoisotopic (exact) mass is 368 g/mol. The van der Waals surface area contributed by atoms with Crippen LogP contribution in [-0.2, 0) is 11.2 Å². The number of rotatable bonds is 8. The summed E-state index contributed by atoms with van der Waals surface area (Å²) < 4.78 is 10.5. The van der Waals surface area contributed by atoms with Crippen LogP contribution in [0.15, 0.2) is 48.5 Å². The first-order valence-corrected chi connectivity index (χ1v) is 8.56. The molecular formula is C21H24N2O4. The zero-order chi connectivity index (χ0) is 19.6. The zero-order valence-electron chi connectivity index (χ0n) is 15.7. The summed E-state index contributed by atoms with van der Waals surface area (Å²) in [5, 5.41) is 5.41. The zero-order valence-corrected chi connectivity index (χ0v) is 15.7. The number of carbonyl (C=O) groups excluding carboxylic acids is 2. The maximum Gasteiger partial charge on any atom is 0.251 e. The average Bonchev–Trinajstić information content (AvgIpc) is 2.71. The minimum absolute atomic E-state index is 0.140. The first-order valence-electron chi connectivity index (χ1n) is 8.56. The van der Waals surface area contributed by atoms with Crippen molar-refractivity contribution < 1.29 is 19.1 Å². The lowest BCUT2D eigenvalue weighted by molar-refractivity contribution is -0.116. The number of amides is 2. The number of hydrogen-bond donors (Lipinski definition) is 2. The van der Waals surface area contributed by atoms with Crippen molar-refractivity contribution in [3.8, 4) is 11.5 Å². The Bertz CT molecular complexity index is 813. The van der Waals surface area contributed by atoms with Gasteiger partial charge in [0.25, 0.3) is 5.91 Å². The number of methoxy groups -OCH3 is 2. The minimum Gasteiger partial charge on any atom is -0.493 e. The molecule has 2 amide bonds. The summed E-state index contributed by atoms with van der Waals surface area (Å²) in [5.74, 6) is 1.03. The molecule has 0 unspecified atom stereocenters. The summed E-state index contributed by atoms with van der Waals surface area (Å²) in [6.45, 7) is 0.508. The molecule has 0 fully saturated rings. The topological polar surface area (TPSA) is 76.7 Å². The standard InChI is InChI=1S/C21H24N2O4/c1-22-21(25)17-8-4-15(5-9-17)7-11-20(24)23-13-12-16-6-10-18(26-2)19(14-16)27-3/h4-11,14H,12-13H2,1-3H3,(H,22,25)(H,23,24)/b11-7+. The molecule has 6 heteroatoms. The number of hydrogen-bond acceptors (Lipinski definition) is 4. The number of carbonyl (C=O) groups is 2. The lowest BCUT2D eigenvalue weighted by atomic mass is 10.1. The van der Waals surface area contributed by atoms with E-state index in [0.717, 1.165) is 11.1 Å². The number of ether oxygens (including phenoxy) is 2. The molecule has 27 heavy (non-hydrogen) atoms. The van der Waals surface area contributed by atoms with Gasteiger partial charge in [0.15, 0.2) is 11.5 Å². The Hall–Kier alpha value is -3.28. The smallest absolute Gasteiger partial charge is 0.251 e. The van der Waals surface area contributed by atoms with Gasteiger partial charge in [-0.15, -0.1) is 0 Å². The van der Waals surface area contributed by atoms with Crippen molar-refractivity contribution in [3.05, 3.63) is 65.2 Å². The minimum atomic E-state index is -0.175. The number of nitrogens with one attached hydrogen (secondary N) is 2. The highest BCUT2D eigenvalue weighted by Crippen LogP contribution is 2.27. The summed E-state index contributed by atoms with van der Waals surface area (Å²) in [5.41, 5.74) is 2.47. The SMILES string of the molecule is CNC(=O)c1ccc(/C=C/C(=O)NCCc2ccc(OC)c(OC)c2)cc1. The van der Waals surface area contributed by atoms with Gasteiger partial charge >= 0.3 is 0 Å². The normalized spacial score (nSPS) is 10.5. The number of benzene rings is 2. The second-order valence-electron chi connectivity index (χ2n) is 5.76. The van der Waals surface area contributed by atoms with Gasteiger partial charge in [0.1, 0.15) is 0 Å². The van der Waals surface area contributed by atoms with Crippen LogP contribution < -0.4 is 20.1 Å². The van der Waals surface area contributed by atoms with Gasteiger partial charge in [0.05, 0.1) is 14.2 Å². The van der Waals surface area contributed by atoms with E-state index in [1.807, 2.05) is 18.2 Å². The molecule has 0 radical (unpaired) electrons. The Morgan fingerprint density at radius 1 is 1.00 bits per heavy atom. The van der Waals surface area contributed by atoms with Crippen LogP contribution in [0.2, 0.25) is 0 Å². The molecule has 0 saturated carbocycles. The molecule has 0 spiro atoms. The van der Waals surface area contributed by atoms with E-state index in [1.165, 1.54) is 6.08 Å². The first kappa shape index (κ1) is 20.0. The highest BCUT2D eigenvalue weighted by molar-refractivity contribution is 5.94. The van der Waals surface area contributed by atoms with Crippen LogP contribution in [0.3, 0.4) is 0 Å². The maximum absolute atomic E-state index is 11.9. The van der Waals surface area contributed by atoms with Crippen LogP contribution in [0.25, 0.3) is 6.08 Å². The molecule has 2 aromatic carbocycles. The summed E-state index contributed by atoms with van der Waals surface area (Å²) in [4.78, 5) is 23.4. The van der Waals surface area contributed by atoms with Gasteiger partial charge in [-0.1, -0.05) is 18.2 Å². The summed E-state index contributed by atoms with van der Waals surface area (Å²) in [6, 6.07) is 12.7. The fraction of sp³-hybridized carbons (Fsp3) is 0.238. The summed E-state index contributed by atoms with van der Waals surface area (Å²) >= 11 is 0. The van der Waals surface area contributed by atoms with Crippen molar-refractivity contribution in [2.45, 2.75) is 6.42 Å². The molecule has 142 valence electrons. The molecule has 0 saturated heterocycles. The lowest BCUT2D eigenvalue weighted by Gasteiger charge is -2.09. The third-order valence-electron chi connectivity index (χ3n) is 3.99. The van der Waals surface area contributed by atoms with E-state index in [0.29, 0.717) is 30.0 Å². The fourth-order valence-corrected chi connectivity index (χ4v) is 2.49. The third kappa shape index (κ3) is 5.88. The molecule has 2 aromatic rings. The third-order valence-corrected chi connectivity index (χ3v) is 3.99. The van der Waals surface area contributed by atoms with Crippen molar-refractivity contribution in [2.24, 2.45) is 0 Å². The van der Waals surface area contributed by atoms with Gasteiger partial charge in [-0.3, -0.25) is 9.59 Å². The molecule has 2 rings (SSSR count). The van der Waals surface area contributed by atoms with Crippen molar-refractivity contribution in [1.29, 1.82) is 0 Å². The Kier molecular flexibility index (Phi) is 7.43. The van der Waals surface area contributed by atoms with E-state index < -0.39 is 0 Å². The maximum atomic E-state index is 11.9. The van der Waals surface area contributed by atoms with Gasteiger partial charge < -0.3 is 20.1 Å². The van der Waals surface area contributed by atoms with Crippen LogP contribution in [0.1, 0.15) is 21.5 Å². The molecule has 0 atom stereocenters. The predicted octanol–water partition coefficient (Wildman–Crippen LogP) is 2.44. The Morgan fingerprint density at radius 2 is 1.70 bits per heavy atom. The second kappa shape index (κ2) is 10.0. The Balaban J connectivity index is 1.84. The van der Waals surface area contributed by atoms with Crippen molar-refractivity contribution >= 4 is 17.9 Å². The molecule has 0 aliphatic carbocycles. The van der Waals surface area contributed by atoms with Gasteiger partial charge in [-0.05, 0) is 47.9 Å². The molecule has 0 aliphatic rings. The molecule has 6 nitrogen and oxygen atoms in total. The highest BCUT2D eigenvalue weighted by atomic mass is 16.5. The van der Waals surface area contributed by atoms with Gasteiger partial charge in [-0.25, -0.2) is 0 Å². The van der Waals surface area contributed by atoms with E-state index >= 15 is 0 Å². The Labute approximate surface area is 159 Å². The van der Waals surface area contributed by atoms with E-state index in [4.69, 9.17) is 9.47 Å². The summed E-state index contributed by atoms with van der Waals surface area (Å²) in [6.07, 6.45) is 3.86. The molecule has 2 N–H and O–H groups in total. The van der Waals surface area contributed by atoms with Crippen LogP contribution in [0.5, 0.6) is 11.5 Å². The van der Waals surface area contributed by atoms with Gasteiger partial charge in [0.2, 0.25) is 5.91 Å². The fourth-order valence-electron chi connectivity index (χ4n) is 2.49. The average molecular weight is 368 g/mol. The van der Waals surface area contributed by atoms with E-state index in [2.05, 4.69) is 10.6 Å². The van der Waals surface area contributed by atoms with Crippen molar-refractivity contribution in [2.75, 3.05) is 27.8 Å². The van der Waals surface area contributed by atoms with Crippen LogP contribution in [0, 0.1) is 0 Å². The van der Waals surface area contributed by atoms with E-state index in [1.54, 1.807) is 51.6 Å². The van der Waals surface area contributed by atoms with Gasteiger partial charge in [-0.2, -0.15) is 0 Å². The summed E-state index contributed by atoms with van der Waals surface area (Å²) in [7, 11) is 4.77. The lowest BCUT2D eigenvalue weighted by Crippen LogP contribution is -2.23. The highest BCUT2D eigenvalue weighted by Gasteiger charge is 2.05. The molecule has 0 aliphatic heterocycles. The van der Waals surface area contributed by atoms with Crippen LogP contribution >= 0.6 is 0 Å². The Morgan fingerprint density at radius 3 is 2.33 bits per heavy atom.